The molecule has 2 heteroatoms. The highest BCUT2D eigenvalue weighted by Gasteiger charge is 2.48. The number of halogens is 1. The topological polar surface area (TPSA) is 3.88 Å². The first-order valence-corrected chi connectivity index (χ1v) is 12.2. The maximum atomic E-state index is 15.6. The third-order valence-electron chi connectivity index (χ3n) is 8.39. The Morgan fingerprint density at radius 3 is 2.52 bits per heavy atom. The Morgan fingerprint density at radius 2 is 1.81 bits per heavy atom. The summed E-state index contributed by atoms with van der Waals surface area (Å²) in [6.07, 6.45) is 10.1. The number of rotatable bonds is 5. The second kappa shape index (κ2) is 7.15. The standard InChI is InChI=1S/C29H35FN/c1-6-9-10-19-17-21-14-16-31-27-24(21)22(18-19)28(4,5)26-23(30)12-11-20(25(26)27)13-15-29(31,7-2)8-3/h11-12,14,16-18H,6-10,13,15H2,1-5H3/q+1. The number of benzene rings is 2. The van der Waals surface area contributed by atoms with E-state index in [4.69, 9.17) is 0 Å². The van der Waals surface area contributed by atoms with E-state index in [2.05, 4.69) is 69.6 Å². The molecule has 0 fully saturated rings. The van der Waals surface area contributed by atoms with Crippen molar-refractivity contribution < 1.29 is 8.96 Å². The highest BCUT2D eigenvalue weighted by atomic mass is 19.1. The van der Waals surface area contributed by atoms with Gasteiger partial charge in [0.2, 0.25) is 5.69 Å². The van der Waals surface area contributed by atoms with Gasteiger partial charge in [-0.3, -0.25) is 0 Å². The Hall–Kier alpha value is -2.22. The van der Waals surface area contributed by atoms with Crippen molar-refractivity contribution in [3.8, 4) is 11.3 Å². The third-order valence-corrected chi connectivity index (χ3v) is 8.39. The van der Waals surface area contributed by atoms with Crippen LogP contribution < -0.4 is 4.57 Å². The third kappa shape index (κ3) is 2.76. The molecule has 0 radical (unpaired) electrons. The summed E-state index contributed by atoms with van der Waals surface area (Å²) >= 11 is 0. The lowest BCUT2D eigenvalue weighted by atomic mass is 9.68. The average molecular weight is 417 g/mol. The average Bonchev–Trinajstić information content (AvgIpc) is 2.91. The Kier molecular flexibility index (Phi) is 4.77. The summed E-state index contributed by atoms with van der Waals surface area (Å²) in [4.78, 5) is 0. The van der Waals surface area contributed by atoms with Crippen LogP contribution in [0.4, 0.5) is 4.39 Å². The molecule has 2 aliphatic rings. The normalized spacial score (nSPS) is 17.6. The zero-order valence-electron chi connectivity index (χ0n) is 19.7. The van der Waals surface area contributed by atoms with Crippen LogP contribution in [0.5, 0.6) is 0 Å². The molecule has 1 nitrogen and oxygen atoms in total. The lowest BCUT2D eigenvalue weighted by Gasteiger charge is -2.36. The van der Waals surface area contributed by atoms with Crippen LogP contribution in [-0.4, -0.2) is 0 Å². The molecule has 1 aromatic heterocycles. The minimum atomic E-state index is -0.354. The molecule has 0 amide bonds. The van der Waals surface area contributed by atoms with Gasteiger partial charge < -0.3 is 0 Å². The molecule has 1 aliphatic carbocycles. The molecule has 0 saturated carbocycles. The molecule has 2 heterocycles. The molecule has 1 aliphatic heterocycles. The number of aryl methyl sites for hydroxylation is 2. The lowest BCUT2D eigenvalue weighted by Crippen LogP contribution is -2.57. The van der Waals surface area contributed by atoms with Crippen LogP contribution in [0.2, 0.25) is 0 Å². The van der Waals surface area contributed by atoms with Gasteiger partial charge in [0.25, 0.3) is 0 Å². The molecule has 162 valence electrons. The maximum Gasteiger partial charge on any atom is 0.221 e. The van der Waals surface area contributed by atoms with Crippen molar-refractivity contribution in [2.45, 2.75) is 90.5 Å². The molecule has 5 rings (SSSR count). The van der Waals surface area contributed by atoms with Crippen LogP contribution >= 0.6 is 0 Å². The summed E-state index contributed by atoms with van der Waals surface area (Å²) in [6, 6.07) is 10.9. The van der Waals surface area contributed by atoms with Gasteiger partial charge in [-0.05, 0) is 47.4 Å². The first-order valence-electron chi connectivity index (χ1n) is 12.2. The molecular weight excluding hydrogens is 381 g/mol. The summed E-state index contributed by atoms with van der Waals surface area (Å²) in [5, 5.41) is 2.66. The van der Waals surface area contributed by atoms with Gasteiger partial charge >= 0.3 is 0 Å². The first kappa shape index (κ1) is 20.7. The fourth-order valence-corrected chi connectivity index (χ4v) is 6.41. The predicted molar refractivity (Wildman–Crippen MR) is 127 cm³/mol. The van der Waals surface area contributed by atoms with Crippen molar-refractivity contribution in [3.05, 3.63) is 64.6 Å². The Bertz CT molecular complexity index is 1180. The second-order valence-corrected chi connectivity index (χ2v) is 10.3. The minimum absolute atomic E-state index is 0.0580. The first-order chi connectivity index (χ1) is 14.9. The SMILES string of the molecule is CCCCc1cc2c3c4[n+](ccc3c1)C(CC)(CC)CCc1ccc(F)c(c1-4)C2(C)C. The molecular formula is C29H35FN+. The molecule has 0 bridgehead atoms. The van der Waals surface area contributed by atoms with Gasteiger partial charge in [0.1, 0.15) is 5.82 Å². The van der Waals surface area contributed by atoms with Crippen molar-refractivity contribution in [1.29, 1.82) is 0 Å². The number of aromatic nitrogens is 1. The Morgan fingerprint density at radius 1 is 1.03 bits per heavy atom. The summed E-state index contributed by atoms with van der Waals surface area (Å²) in [5.41, 5.74) is 7.06. The number of hydrogen-bond donors (Lipinski definition) is 0. The zero-order chi connectivity index (χ0) is 22.0. The molecule has 0 atom stereocenters. The molecule has 0 spiro atoms. The van der Waals surface area contributed by atoms with Crippen molar-refractivity contribution in [2.24, 2.45) is 0 Å². The van der Waals surface area contributed by atoms with E-state index in [1.54, 1.807) is 6.07 Å². The second-order valence-electron chi connectivity index (χ2n) is 10.3. The van der Waals surface area contributed by atoms with Gasteiger partial charge in [-0.2, -0.15) is 4.57 Å². The monoisotopic (exact) mass is 416 g/mol. The summed E-state index contributed by atoms with van der Waals surface area (Å²) in [5.74, 6) is -0.0580. The van der Waals surface area contributed by atoms with Crippen LogP contribution in [0.3, 0.4) is 0 Å². The van der Waals surface area contributed by atoms with E-state index in [0.29, 0.717) is 0 Å². The van der Waals surface area contributed by atoms with Gasteiger partial charge in [-0.1, -0.05) is 59.2 Å². The summed E-state index contributed by atoms with van der Waals surface area (Å²) in [6.45, 7) is 11.3. The van der Waals surface area contributed by atoms with E-state index < -0.39 is 0 Å². The molecule has 0 saturated heterocycles. The van der Waals surface area contributed by atoms with Crippen LogP contribution in [0.25, 0.3) is 22.0 Å². The van der Waals surface area contributed by atoms with Crippen molar-refractivity contribution in [2.75, 3.05) is 0 Å². The maximum absolute atomic E-state index is 15.6. The van der Waals surface area contributed by atoms with Gasteiger partial charge in [-0.15, -0.1) is 0 Å². The fraction of sp³-hybridized carbons (Fsp3) is 0.483. The largest absolute Gasteiger partial charge is 0.221 e. The van der Waals surface area contributed by atoms with E-state index >= 15 is 4.39 Å². The minimum Gasteiger partial charge on any atom is -0.207 e. The van der Waals surface area contributed by atoms with E-state index in [1.165, 1.54) is 51.6 Å². The Balaban J connectivity index is 1.97. The molecule has 3 aromatic rings. The number of unbranched alkanes of at least 4 members (excludes halogenated alkanes) is 1. The quantitative estimate of drug-likeness (QED) is 0.382. The highest BCUT2D eigenvalue weighted by Crippen LogP contribution is 2.52. The van der Waals surface area contributed by atoms with Crippen LogP contribution in [0.1, 0.15) is 89.0 Å². The molecule has 0 N–H and O–H groups in total. The van der Waals surface area contributed by atoms with E-state index in [1.807, 2.05) is 0 Å². The van der Waals surface area contributed by atoms with Crippen LogP contribution in [0, 0.1) is 5.82 Å². The van der Waals surface area contributed by atoms with Gasteiger partial charge in [0.05, 0.1) is 10.9 Å². The number of hydrogen-bond acceptors (Lipinski definition) is 0. The van der Waals surface area contributed by atoms with Gasteiger partial charge in [0.15, 0.2) is 11.7 Å². The molecule has 31 heavy (non-hydrogen) atoms. The highest BCUT2D eigenvalue weighted by molar-refractivity contribution is 6.01. The Labute approximate surface area is 186 Å². The summed E-state index contributed by atoms with van der Waals surface area (Å²) in [7, 11) is 0. The van der Waals surface area contributed by atoms with Crippen LogP contribution in [-0.2, 0) is 23.8 Å². The predicted octanol–water partition coefficient (Wildman–Crippen LogP) is 7.38. The molecule has 0 unspecified atom stereocenters. The lowest BCUT2D eigenvalue weighted by molar-refractivity contribution is -0.756. The van der Waals surface area contributed by atoms with Gasteiger partial charge in [0, 0.05) is 36.3 Å². The van der Waals surface area contributed by atoms with Gasteiger partial charge in [-0.25, -0.2) is 4.39 Å². The smallest absolute Gasteiger partial charge is 0.207 e. The van der Waals surface area contributed by atoms with Crippen molar-refractivity contribution in [1.82, 2.24) is 0 Å². The van der Waals surface area contributed by atoms with E-state index in [0.717, 1.165) is 37.7 Å². The zero-order valence-corrected chi connectivity index (χ0v) is 19.7. The van der Waals surface area contributed by atoms with Crippen LogP contribution in [0.15, 0.2) is 36.5 Å². The number of pyridine rings is 1. The van der Waals surface area contributed by atoms with E-state index in [-0.39, 0.29) is 16.8 Å². The van der Waals surface area contributed by atoms with Crippen molar-refractivity contribution in [3.63, 3.8) is 0 Å². The van der Waals surface area contributed by atoms with E-state index in [9.17, 15) is 0 Å². The fourth-order valence-electron chi connectivity index (χ4n) is 6.41. The summed E-state index contributed by atoms with van der Waals surface area (Å²) < 4.78 is 18.1. The van der Waals surface area contributed by atoms with Crippen molar-refractivity contribution >= 4 is 10.8 Å². The molecule has 2 aromatic carbocycles. The number of nitrogens with zero attached hydrogens (tertiary/aromatic N) is 1.